The summed E-state index contributed by atoms with van der Waals surface area (Å²) in [6.07, 6.45) is 3.62. The van der Waals surface area contributed by atoms with Gasteiger partial charge in [-0.3, -0.25) is 0 Å². The van der Waals surface area contributed by atoms with Crippen LogP contribution in [0.4, 0.5) is 0 Å². The van der Waals surface area contributed by atoms with Gasteiger partial charge in [0.2, 0.25) is 0 Å². The molecule has 2 N–H and O–H groups in total. The molecule has 2 heterocycles. The number of hydrogen-bond donors (Lipinski definition) is 2. The van der Waals surface area contributed by atoms with Crippen LogP contribution in [0.15, 0.2) is 0 Å². The second kappa shape index (κ2) is 5.27. The van der Waals surface area contributed by atoms with E-state index in [1.54, 1.807) is 7.11 Å². The van der Waals surface area contributed by atoms with E-state index in [9.17, 15) is 5.11 Å². The summed E-state index contributed by atoms with van der Waals surface area (Å²) in [4.78, 5) is 4.95. The average Bonchev–Trinajstić information content (AvgIpc) is 2.47. The zero-order valence-electron chi connectivity index (χ0n) is 11.1. The minimum absolute atomic E-state index is 0.269. The molecule has 104 valence electrons. The third-order valence-electron chi connectivity index (χ3n) is 3.72. The maximum atomic E-state index is 10.4. The first kappa shape index (κ1) is 12.6. The van der Waals surface area contributed by atoms with Crippen molar-refractivity contribution >= 4 is 0 Å². The largest absolute Gasteiger partial charge is 0.504 e. The van der Waals surface area contributed by atoms with E-state index in [-0.39, 0.29) is 5.75 Å². The number of fused-ring (bicyclic) bond motifs is 2. The van der Waals surface area contributed by atoms with Crippen molar-refractivity contribution in [1.29, 1.82) is 0 Å². The van der Waals surface area contributed by atoms with Crippen molar-refractivity contribution < 1.29 is 19.4 Å². The molecule has 0 saturated carbocycles. The molecule has 1 aromatic rings. The second-order valence-electron chi connectivity index (χ2n) is 4.87. The fourth-order valence-corrected chi connectivity index (χ4v) is 2.85. The van der Waals surface area contributed by atoms with Crippen LogP contribution in [0.25, 0.3) is 0 Å². The number of ether oxygens (including phenoxy) is 2. The molecule has 2 aliphatic rings. The number of aromatic hydroxyl groups is 1. The number of phenols is 1. The third kappa shape index (κ3) is 2.13. The molecule has 0 saturated heterocycles. The molecule has 19 heavy (non-hydrogen) atoms. The highest BCUT2D eigenvalue weighted by atomic mass is 16.6. The van der Waals surface area contributed by atoms with Crippen LogP contribution >= 0.6 is 0 Å². The molecular weight excluding hydrogens is 246 g/mol. The molecule has 0 amide bonds. The van der Waals surface area contributed by atoms with Gasteiger partial charge in [0.15, 0.2) is 11.5 Å². The maximum Gasteiger partial charge on any atom is 0.164 e. The average molecular weight is 265 g/mol. The Hall–Kier alpha value is -1.46. The number of benzene rings is 1. The molecule has 0 bridgehead atoms. The molecule has 0 aromatic heterocycles. The third-order valence-corrected chi connectivity index (χ3v) is 3.72. The summed E-state index contributed by atoms with van der Waals surface area (Å²) in [5.41, 5.74) is 5.85. The summed E-state index contributed by atoms with van der Waals surface area (Å²) in [6, 6.07) is 0. The molecule has 0 atom stereocenters. The standard InChI is InChI=1S/C14H19NO4/c1-17-15-8-11-9-4-2-7-19-14(9)12(16)10-5-3-6-18-13(10)11/h15-16H,2-8H2,1H3. The predicted octanol–water partition coefficient (Wildman–Crippen LogP) is 1.69. The van der Waals surface area contributed by atoms with Gasteiger partial charge in [0.1, 0.15) is 5.75 Å². The molecule has 3 rings (SSSR count). The van der Waals surface area contributed by atoms with E-state index in [1.807, 2.05) is 0 Å². The number of rotatable bonds is 3. The summed E-state index contributed by atoms with van der Waals surface area (Å²) in [6.45, 7) is 1.92. The van der Waals surface area contributed by atoms with Crippen molar-refractivity contribution in [2.45, 2.75) is 32.2 Å². The summed E-state index contributed by atoms with van der Waals surface area (Å²) >= 11 is 0. The Kier molecular flexibility index (Phi) is 3.48. The summed E-state index contributed by atoms with van der Waals surface area (Å²) in [5.74, 6) is 1.73. The number of phenolic OH excluding ortho intramolecular Hbond substituents is 1. The highest BCUT2D eigenvalue weighted by Crippen LogP contribution is 2.47. The monoisotopic (exact) mass is 265 g/mol. The highest BCUT2D eigenvalue weighted by Gasteiger charge is 2.28. The molecule has 1 aromatic carbocycles. The van der Waals surface area contributed by atoms with Gasteiger partial charge in [0, 0.05) is 16.7 Å². The van der Waals surface area contributed by atoms with Gasteiger partial charge in [-0.25, -0.2) is 0 Å². The molecule has 0 aliphatic carbocycles. The molecule has 5 heteroatoms. The molecule has 0 spiro atoms. The predicted molar refractivity (Wildman–Crippen MR) is 69.6 cm³/mol. The Morgan fingerprint density at radius 2 is 1.79 bits per heavy atom. The van der Waals surface area contributed by atoms with Crippen LogP contribution in [0.1, 0.15) is 29.5 Å². The van der Waals surface area contributed by atoms with E-state index in [0.717, 1.165) is 48.1 Å². The first-order chi connectivity index (χ1) is 9.33. The van der Waals surface area contributed by atoms with Crippen molar-refractivity contribution in [1.82, 2.24) is 5.48 Å². The van der Waals surface area contributed by atoms with Crippen LogP contribution in [0.5, 0.6) is 17.2 Å². The lowest BCUT2D eigenvalue weighted by Crippen LogP contribution is -2.21. The van der Waals surface area contributed by atoms with Gasteiger partial charge in [-0.2, -0.15) is 5.48 Å². The van der Waals surface area contributed by atoms with E-state index in [2.05, 4.69) is 5.48 Å². The highest BCUT2D eigenvalue weighted by molar-refractivity contribution is 5.63. The van der Waals surface area contributed by atoms with Crippen molar-refractivity contribution in [3.63, 3.8) is 0 Å². The zero-order chi connectivity index (χ0) is 13.2. The fraction of sp³-hybridized carbons (Fsp3) is 0.571. The van der Waals surface area contributed by atoms with Crippen molar-refractivity contribution in [2.75, 3.05) is 20.3 Å². The van der Waals surface area contributed by atoms with Gasteiger partial charge in [0.05, 0.1) is 26.9 Å². The first-order valence-corrected chi connectivity index (χ1v) is 6.74. The smallest absolute Gasteiger partial charge is 0.164 e. The van der Waals surface area contributed by atoms with E-state index >= 15 is 0 Å². The van der Waals surface area contributed by atoms with E-state index in [1.165, 1.54) is 0 Å². The fourth-order valence-electron chi connectivity index (χ4n) is 2.85. The molecule has 5 nitrogen and oxygen atoms in total. The van der Waals surface area contributed by atoms with E-state index in [4.69, 9.17) is 14.3 Å². The van der Waals surface area contributed by atoms with Gasteiger partial charge in [-0.05, 0) is 25.7 Å². The topological polar surface area (TPSA) is 60.0 Å². The molecule has 0 radical (unpaired) electrons. The van der Waals surface area contributed by atoms with Gasteiger partial charge < -0.3 is 19.4 Å². The SMILES string of the molecule is CONCc1c2c(c(O)c3c1OCCC3)OCCC2. The quantitative estimate of drug-likeness (QED) is 0.814. The van der Waals surface area contributed by atoms with Gasteiger partial charge in [-0.1, -0.05) is 0 Å². The Bertz CT molecular complexity index is 450. The minimum atomic E-state index is 0.269. The molecule has 0 fully saturated rings. The van der Waals surface area contributed by atoms with Crippen LogP contribution in [-0.2, 0) is 24.2 Å². The van der Waals surface area contributed by atoms with Crippen LogP contribution < -0.4 is 15.0 Å². The van der Waals surface area contributed by atoms with Crippen LogP contribution in [0.2, 0.25) is 0 Å². The minimum Gasteiger partial charge on any atom is -0.504 e. The number of hydroxylamine groups is 1. The zero-order valence-corrected chi connectivity index (χ0v) is 11.1. The van der Waals surface area contributed by atoms with Gasteiger partial charge in [-0.15, -0.1) is 0 Å². The Morgan fingerprint density at radius 1 is 1.11 bits per heavy atom. The molecule has 0 unspecified atom stereocenters. The second-order valence-corrected chi connectivity index (χ2v) is 4.87. The Balaban J connectivity index is 2.13. The normalized spacial score (nSPS) is 17.1. The number of nitrogens with one attached hydrogen (secondary N) is 1. The van der Waals surface area contributed by atoms with E-state index < -0.39 is 0 Å². The first-order valence-electron chi connectivity index (χ1n) is 6.74. The maximum absolute atomic E-state index is 10.4. The summed E-state index contributed by atoms with van der Waals surface area (Å²) < 4.78 is 11.5. The van der Waals surface area contributed by atoms with Crippen LogP contribution in [0.3, 0.4) is 0 Å². The summed E-state index contributed by atoms with van der Waals surface area (Å²) in [7, 11) is 1.59. The van der Waals surface area contributed by atoms with Gasteiger partial charge >= 0.3 is 0 Å². The Labute approximate surface area is 112 Å². The van der Waals surface area contributed by atoms with Crippen molar-refractivity contribution in [2.24, 2.45) is 0 Å². The molecule has 2 aliphatic heterocycles. The number of hydrogen-bond acceptors (Lipinski definition) is 5. The van der Waals surface area contributed by atoms with E-state index in [0.29, 0.717) is 25.5 Å². The van der Waals surface area contributed by atoms with Crippen molar-refractivity contribution in [3.05, 3.63) is 16.7 Å². The summed E-state index contributed by atoms with van der Waals surface area (Å²) in [5, 5.41) is 10.4. The van der Waals surface area contributed by atoms with Crippen molar-refractivity contribution in [3.8, 4) is 17.2 Å². The lowest BCUT2D eigenvalue weighted by Gasteiger charge is -2.28. The lowest BCUT2D eigenvalue weighted by molar-refractivity contribution is 0.0852. The van der Waals surface area contributed by atoms with Crippen LogP contribution in [0, 0.1) is 0 Å². The van der Waals surface area contributed by atoms with Crippen LogP contribution in [-0.4, -0.2) is 25.4 Å². The lowest BCUT2D eigenvalue weighted by atomic mass is 9.92. The Morgan fingerprint density at radius 3 is 2.53 bits per heavy atom. The van der Waals surface area contributed by atoms with Gasteiger partial charge in [0.25, 0.3) is 0 Å². The molecular formula is C14H19NO4.